The number of nitrogens with zero attached hydrogens (tertiary/aromatic N) is 7. The van der Waals surface area contributed by atoms with E-state index in [-0.39, 0.29) is 0 Å². The lowest BCUT2D eigenvalue weighted by Gasteiger charge is -2.17. The maximum Gasteiger partial charge on any atom is 0.166 e. The third-order valence-electron chi connectivity index (χ3n) is 13.2. The van der Waals surface area contributed by atoms with Gasteiger partial charge in [0.25, 0.3) is 0 Å². The lowest BCUT2D eigenvalue weighted by Crippen LogP contribution is -2.06. The minimum absolute atomic E-state index is 0.358. The average molecular weight is 870 g/mol. The Hall–Kier alpha value is -9.83. The summed E-state index contributed by atoms with van der Waals surface area (Å²) in [6.45, 7) is 0. The molecule has 314 valence electrons. The minimum atomic E-state index is 0.358. The Morgan fingerprint density at radius 3 is 1.28 bits per heavy atom. The van der Waals surface area contributed by atoms with Crippen molar-refractivity contribution in [1.82, 2.24) is 24.1 Å². The molecule has 0 aliphatic heterocycles. The first-order chi connectivity index (χ1) is 33.6. The molecular formula is C59H31N7O2. The average Bonchev–Trinajstić information content (AvgIpc) is 4.16. The van der Waals surface area contributed by atoms with Gasteiger partial charge in [-0.1, -0.05) is 103 Å². The Bertz CT molecular complexity index is 4270. The molecule has 0 saturated carbocycles. The van der Waals surface area contributed by atoms with Gasteiger partial charge >= 0.3 is 0 Å². The second-order valence-electron chi connectivity index (χ2n) is 16.9. The van der Waals surface area contributed by atoms with Gasteiger partial charge < -0.3 is 18.0 Å². The molecule has 14 rings (SSSR count). The molecule has 0 aliphatic rings. The lowest BCUT2D eigenvalue weighted by atomic mass is 10.1. The highest BCUT2D eigenvalue weighted by Gasteiger charge is 2.25. The number of nitriles is 2. The summed E-state index contributed by atoms with van der Waals surface area (Å²) in [5, 5.41) is 29.1. The molecule has 9 aromatic carbocycles. The van der Waals surface area contributed by atoms with E-state index in [0.717, 1.165) is 104 Å². The zero-order chi connectivity index (χ0) is 45.0. The number of benzene rings is 9. The van der Waals surface area contributed by atoms with Crippen molar-refractivity contribution in [2.75, 3.05) is 0 Å². The van der Waals surface area contributed by atoms with Gasteiger partial charge in [-0.15, -0.1) is 0 Å². The van der Waals surface area contributed by atoms with Crippen molar-refractivity contribution >= 4 is 87.5 Å². The highest BCUT2D eigenvalue weighted by Crippen LogP contribution is 2.44. The Kier molecular flexibility index (Phi) is 7.91. The first-order valence-electron chi connectivity index (χ1n) is 22.2. The van der Waals surface area contributed by atoms with Crippen LogP contribution in [0.1, 0.15) is 11.1 Å². The van der Waals surface area contributed by atoms with Crippen molar-refractivity contribution in [3.63, 3.8) is 0 Å². The Labute approximate surface area is 386 Å². The van der Waals surface area contributed by atoms with E-state index >= 15 is 0 Å². The van der Waals surface area contributed by atoms with Crippen molar-refractivity contribution < 1.29 is 8.83 Å². The molecule has 14 aromatic rings. The monoisotopic (exact) mass is 869 g/mol. The van der Waals surface area contributed by atoms with Crippen LogP contribution in [0.5, 0.6) is 0 Å². The molecule has 0 radical (unpaired) electrons. The number of hydrogen-bond acceptors (Lipinski definition) is 7. The van der Waals surface area contributed by atoms with Crippen molar-refractivity contribution in [2.24, 2.45) is 0 Å². The van der Waals surface area contributed by atoms with Crippen molar-refractivity contribution in [1.29, 1.82) is 10.5 Å². The smallest absolute Gasteiger partial charge is 0.166 e. The van der Waals surface area contributed by atoms with E-state index in [1.165, 1.54) is 0 Å². The molecule has 0 unspecified atom stereocenters. The van der Waals surface area contributed by atoms with E-state index in [9.17, 15) is 10.5 Å². The fourth-order valence-corrected chi connectivity index (χ4v) is 10.3. The fourth-order valence-electron chi connectivity index (χ4n) is 10.3. The van der Waals surface area contributed by atoms with Gasteiger partial charge in [0.05, 0.1) is 67.5 Å². The van der Waals surface area contributed by atoms with Gasteiger partial charge in [-0.25, -0.2) is 15.0 Å². The minimum Gasteiger partial charge on any atom is -0.455 e. The summed E-state index contributed by atoms with van der Waals surface area (Å²) in [6.07, 6.45) is 0. The van der Waals surface area contributed by atoms with Crippen LogP contribution in [0.3, 0.4) is 0 Å². The standard InChI is InChI=1S/C59H31N7O2/c60-32-34-22-26-47(65-45-18-8-4-16-41(45)53-49(65)28-24-39-37-14-6-10-20-51(37)67-55(39)53)43(30-34)58-62-57(36-12-2-1-3-13-36)63-59(64-58)44-31-35(33-61)23-27-48(44)66-46-19-9-5-17-42(46)54-50(66)29-25-40-38-15-7-11-21-52(38)68-56(40)54/h1-31H. The second-order valence-corrected chi connectivity index (χ2v) is 16.9. The van der Waals surface area contributed by atoms with Crippen molar-refractivity contribution in [2.45, 2.75) is 0 Å². The van der Waals surface area contributed by atoms with Crippen LogP contribution in [-0.2, 0) is 0 Å². The second kappa shape index (κ2) is 14.3. The van der Waals surface area contributed by atoms with E-state index in [1.54, 1.807) is 0 Å². The Balaban J connectivity index is 1.06. The highest BCUT2D eigenvalue weighted by atomic mass is 16.3. The van der Waals surface area contributed by atoms with Gasteiger partial charge in [0.2, 0.25) is 0 Å². The molecule has 68 heavy (non-hydrogen) atoms. The molecule has 0 fully saturated rings. The van der Waals surface area contributed by atoms with Gasteiger partial charge in [0, 0.05) is 49.0 Å². The highest BCUT2D eigenvalue weighted by molar-refractivity contribution is 6.25. The quantitative estimate of drug-likeness (QED) is 0.169. The zero-order valence-corrected chi connectivity index (χ0v) is 35.8. The molecule has 9 heteroatoms. The molecule has 0 N–H and O–H groups in total. The molecule has 0 atom stereocenters. The molecule has 0 saturated heterocycles. The molecule has 5 heterocycles. The van der Waals surface area contributed by atoms with E-state index < -0.39 is 0 Å². The summed E-state index contributed by atoms with van der Waals surface area (Å²) >= 11 is 0. The number of para-hydroxylation sites is 4. The molecular weight excluding hydrogens is 839 g/mol. The van der Waals surface area contributed by atoms with Crippen LogP contribution in [-0.4, -0.2) is 24.1 Å². The summed E-state index contributed by atoms with van der Waals surface area (Å²) in [5.74, 6) is 1.15. The lowest BCUT2D eigenvalue weighted by molar-refractivity contribution is 0.672. The predicted octanol–water partition coefficient (Wildman–Crippen LogP) is 14.6. The van der Waals surface area contributed by atoms with Crippen molar-refractivity contribution in [3.8, 4) is 57.7 Å². The largest absolute Gasteiger partial charge is 0.455 e. The normalized spacial score (nSPS) is 11.8. The van der Waals surface area contributed by atoms with Crippen LogP contribution in [0.15, 0.2) is 197 Å². The number of aromatic nitrogens is 5. The number of hydrogen-bond donors (Lipinski definition) is 0. The third kappa shape index (κ3) is 5.39. The first kappa shape index (κ1) is 37.5. The Morgan fingerprint density at radius 2 is 0.794 bits per heavy atom. The van der Waals surface area contributed by atoms with E-state index in [2.05, 4.69) is 81.9 Å². The summed E-state index contributed by atoms with van der Waals surface area (Å²) in [5.41, 5.74) is 11.5. The van der Waals surface area contributed by atoms with Gasteiger partial charge in [0.15, 0.2) is 17.5 Å². The third-order valence-corrected chi connectivity index (χ3v) is 13.2. The summed E-state index contributed by atoms with van der Waals surface area (Å²) < 4.78 is 17.7. The van der Waals surface area contributed by atoms with Crippen LogP contribution in [0.25, 0.3) is 133 Å². The van der Waals surface area contributed by atoms with Crippen LogP contribution < -0.4 is 0 Å². The van der Waals surface area contributed by atoms with E-state index in [1.807, 2.05) is 127 Å². The van der Waals surface area contributed by atoms with Crippen LogP contribution in [0.2, 0.25) is 0 Å². The Morgan fingerprint density at radius 1 is 0.368 bits per heavy atom. The number of rotatable bonds is 5. The number of fused-ring (bicyclic) bond motifs is 14. The number of furan rings is 2. The topological polar surface area (TPSA) is 122 Å². The first-order valence-corrected chi connectivity index (χ1v) is 22.2. The summed E-state index contributed by atoms with van der Waals surface area (Å²) in [7, 11) is 0. The zero-order valence-electron chi connectivity index (χ0n) is 35.8. The molecule has 9 nitrogen and oxygen atoms in total. The molecule has 0 amide bonds. The van der Waals surface area contributed by atoms with Crippen LogP contribution in [0.4, 0.5) is 0 Å². The molecule has 5 aromatic heterocycles. The van der Waals surface area contributed by atoms with Crippen LogP contribution >= 0.6 is 0 Å². The fraction of sp³-hybridized carbons (Fsp3) is 0. The van der Waals surface area contributed by atoms with Gasteiger partial charge in [0.1, 0.15) is 22.3 Å². The predicted molar refractivity (Wildman–Crippen MR) is 269 cm³/mol. The molecule has 0 bridgehead atoms. The maximum absolute atomic E-state index is 10.4. The maximum atomic E-state index is 10.4. The van der Waals surface area contributed by atoms with E-state index in [4.69, 9.17) is 23.8 Å². The van der Waals surface area contributed by atoms with Crippen LogP contribution in [0, 0.1) is 22.7 Å². The summed E-state index contributed by atoms with van der Waals surface area (Å²) in [6, 6.07) is 67.2. The SMILES string of the molecule is N#Cc1ccc(-n2c3ccccc3c3c4oc5ccccc5c4ccc32)c(-c2nc(-c3ccccc3)nc(-c3cc(C#N)ccc3-n3c4ccccc4c4c5oc6ccccc6c5ccc43)n2)c1. The van der Waals surface area contributed by atoms with Gasteiger partial charge in [-0.05, 0) is 84.9 Å². The van der Waals surface area contributed by atoms with Gasteiger partial charge in [-0.3, -0.25) is 0 Å². The summed E-state index contributed by atoms with van der Waals surface area (Å²) in [4.78, 5) is 15.8. The molecule has 0 aliphatic carbocycles. The van der Waals surface area contributed by atoms with Crippen molar-refractivity contribution in [3.05, 3.63) is 199 Å². The molecule has 0 spiro atoms. The van der Waals surface area contributed by atoms with Gasteiger partial charge in [-0.2, -0.15) is 10.5 Å². The van der Waals surface area contributed by atoms with E-state index in [0.29, 0.717) is 39.7 Å².